The predicted octanol–water partition coefficient (Wildman–Crippen LogP) is 4.46. The molecule has 2 aromatic heterocycles. The minimum Gasteiger partial charge on any atom is -0.471 e. The number of likely N-dealkylation sites (tertiary alicyclic amines) is 1. The number of aromatic nitrogens is 3. The Morgan fingerprint density at radius 3 is 2.38 bits per heavy atom. The van der Waals surface area contributed by atoms with Crippen LogP contribution in [-0.2, 0) is 13.1 Å². The summed E-state index contributed by atoms with van der Waals surface area (Å²) in [5, 5.41) is 11.4. The van der Waals surface area contributed by atoms with E-state index in [-0.39, 0.29) is 5.60 Å². The van der Waals surface area contributed by atoms with Crippen LogP contribution in [-0.4, -0.2) is 48.8 Å². The molecule has 1 fully saturated rings. The van der Waals surface area contributed by atoms with Gasteiger partial charge < -0.3 is 14.4 Å². The molecule has 3 aromatic rings. The summed E-state index contributed by atoms with van der Waals surface area (Å²) in [5.74, 6) is 0.594. The fraction of sp³-hybridized carbons (Fsp3) is 0.462. The minimum absolute atomic E-state index is 0.321. The predicted molar refractivity (Wildman–Crippen MR) is 126 cm³/mol. The molecule has 0 radical (unpaired) electrons. The lowest BCUT2D eigenvalue weighted by Crippen LogP contribution is -2.46. The van der Waals surface area contributed by atoms with Gasteiger partial charge in [-0.05, 0) is 58.2 Å². The highest BCUT2D eigenvalue weighted by Crippen LogP contribution is 2.30. The van der Waals surface area contributed by atoms with Crippen LogP contribution >= 0.6 is 0 Å². The first-order valence-corrected chi connectivity index (χ1v) is 11.4. The molecule has 0 amide bonds. The molecule has 170 valence electrons. The highest BCUT2D eigenvalue weighted by Gasteiger charge is 2.34. The second kappa shape index (κ2) is 9.04. The van der Waals surface area contributed by atoms with Crippen molar-refractivity contribution in [3.05, 3.63) is 66.2 Å². The first-order chi connectivity index (χ1) is 15.2. The van der Waals surface area contributed by atoms with Crippen LogP contribution in [0.25, 0.3) is 11.3 Å². The van der Waals surface area contributed by atoms with Crippen LogP contribution in [0.2, 0.25) is 0 Å². The van der Waals surface area contributed by atoms with Crippen LogP contribution in [0.5, 0.6) is 5.88 Å². The number of hydrogen-bond acceptors (Lipinski definition) is 5. The van der Waals surface area contributed by atoms with E-state index in [1.54, 1.807) is 12.4 Å². The molecule has 3 heterocycles. The maximum Gasteiger partial charge on any atom is 0.237 e. The van der Waals surface area contributed by atoms with E-state index in [1.165, 1.54) is 11.3 Å². The molecule has 1 aromatic carbocycles. The maximum atomic E-state index is 11.4. The molecule has 4 rings (SSSR count). The van der Waals surface area contributed by atoms with E-state index in [4.69, 9.17) is 4.74 Å². The second-order valence-corrected chi connectivity index (χ2v) is 9.84. The quantitative estimate of drug-likeness (QED) is 0.621. The number of benzene rings is 1. The zero-order chi connectivity index (χ0) is 22.8. The van der Waals surface area contributed by atoms with E-state index >= 15 is 0 Å². The standard InChI is InChI=1S/C26H34N4O2/c1-20-10-11-23(21-8-6-5-7-9-21)30(20)19-26(31)12-16-29(17-13-26)18-22-24(28-15-14-27-22)32-25(2,3)4/h5-11,14-15,31H,12-13,16-19H2,1-4H3. The molecular formula is C26H34N4O2. The van der Waals surface area contributed by atoms with Gasteiger partial charge in [-0.1, -0.05) is 30.3 Å². The minimum atomic E-state index is -0.725. The SMILES string of the molecule is Cc1ccc(-c2ccccc2)n1CC1(O)CCN(Cc2nccnc2OC(C)(C)C)CC1. The summed E-state index contributed by atoms with van der Waals surface area (Å²) < 4.78 is 8.25. The Morgan fingerprint density at radius 2 is 1.69 bits per heavy atom. The Kier molecular flexibility index (Phi) is 6.35. The molecule has 0 aliphatic carbocycles. The van der Waals surface area contributed by atoms with E-state index in [1.807, 2.05) is 26.8 Å². The lowest BCUT2D eigenvalue weighted by Gasteiger charge is -2.39. The summed E-state index contributed by atoms with van der Waals surface area (Å²) in [6, 6.07) is 14.7. The number of nitrogens with zero attached hydrogens (tertiary/aromatic N) is 4. The maximum absolute atomic E-state index is 11.4. The van der Waals surface area contributed by atoms with Gasteiger partial charge in [0.25, 0.3) is 0 Å². The van der Waals surface area contributed by atoms with Crippen molar-refractivity contribution in [2.45, 2.75) is 64.8 Å². The van der Waals surface area contributed by atoms with Gasteiger partial charge in [0.15, 0.2) is 0 Å². The van der Waals surface area contributed by atoms with Crippen molar-refractivity contribution in [2.75, 3.05) is 13.1 Å². The second-order valence-electron chi connectivity index (χ2n) is 9.84. The largest absolute Gasteiger partial charge is 0.471 e. The molecule has 0 unspecified atom stereocenters. The van der Waals surface area contributed by atoms with E-state index in [2.05, 4.69) is 62.8 Å². The normalized spacial score (nSPS) is 16.8. The summed E-state index contributed by atoms with van der Waals surface area (Å²) in [4.78, 5) is 11.2. The molecule has 1 aliphatic rings. The van der Waals surface area contributed by atoms with Gasteiger partial charge in [0, 0.05) is 43.4 Å². The molecule has 0 spiro atoms. The first kappa shape index (κ1) is 22.5. The van der Waals surface area contributed by atoms with Gasteiger partial charge in [-0.25, -0.2) is 4.98 Å². The smallest absolute Gasteiger partial charge is 0.237 e. The van der Waals surface area contributed by atoms with Crippen molar-refractivity contribution >= 4 is 0 Å². The molecule has 0 saturated carbocycles. The van der Waals surface area contributed by atoms with E-state index in [9.17, 15) is 5.11 Å². The molecule has 0 bridgehead atoms. The number of hydrogen-bond donors (Lipinski definition) is 1. The molecule has 1 N–H and O–H groups in total. The Morgan fingerprint density at radius 1 is 1.00 bits per heavy atom. The highest BCUT2D eigenvalue weighted by atomic mass is 16.5. The van der Waals surface area contributed by atoms with Gasteiger partial charge >= 0.3 is 0 Å². The monoisotopic (exact) mass is 434 g/mol. The third-order valence-corrected chi connectivity index (χ3v) is 6.02. The van der Waals surface area contributed by atoms with Gasteiger partial charge in [-0.15, -0.1) is 0 Å². The van der Waals surface area contributed by atoms with Crippen molar-refractivity contribution < 1.29 is 9.84 Å². The lowest BCUT2D eigenvalue weighted by molar-refractivity contribution is -0.0361. The van der Waals surface area contributed by atoms with Crippen molar-refractivity contribution in [1.29, 1.82) is 0 Å². The van der Waals surface area contributed by atoms with Crippen molar-refractivity contribution in [1.82, 2.24) is 19.4 Å². The van der Waals surface area contributed by atoms with Gasteiger partial charge in [0.2, 0.25) is 5.88 Å². The molecule has 0 atom stereocenters. The number of aryl methyl sites for hydroxylation is 1. The van der Waals surface area contributed by atoms with Gasteiger partial charge in [-0.2, -0.15) is 0 Å². The average Bonchev–Trinajstić information content (AvgIpc) is 3.11. The number of aliphatic hydroxyl groups is 1. The molecule has 6 nitrogen and oxygen atoms in total. The van der Waals surface area contributed by atoms with Crippen molar-refractivity contribution in [3.8, 4) is 17.1 Å². The van der Waals surface area contributed by atoms with Crippen molar-refractivity contribution in [3.63, 3.8) is 0 Å². The molecule has 6 heteroatoms. The number of rotatable bonds is 6. The average molecular weight is 435 g/mol. The highest BCUT2D eigenvalue weighted by molar-refractivity contribution is 5.60. The summed E-state index contributed by atoms with van der Waals surface area (Å²) in [6.07, 6.45) is 4.82. The van der Waals surface area contributed by atoms with Crippen molar-refractivity contribution in [2.24, 2.45) is 0 Å². The third kappa shape index (κ3) is 5.37. The van der Waals surface area contributed by atoms with E-state index in [0.717, 1.165) is 24.5 Å². The fourth-order valence-corrected chi connectivity index (χ4v) is 4.27. The van der Waals surface area contributed by atoms with E-state index in [0.29, 0.717) is 31.8 Å². The van der Waals surface area contributed by atoms with Crippen LogP contribution in [0.15, 0.2) is 54.9 Å². The Balaban J connectivity index is 1.42. The van der Waals surface area contributed by atoms with Crippen LogP contribution in [0.4, 0.5) is 0 Å². The van der Waals surface area contributed by atoms with Crippen LogP contribution in [0.1, 0.15) is 45.0 Å². The first-order valence-electron chi connectivity index (χ1n) is 11.4. The Labute approximate surface area is 190 Å². The summed E-state index contributed by atoms with van der Waals surface area (Å²) in [5.41, 5.74) is 3.30. The third-order valence-electron chi connectivity index (χ3n) is 6.02. The molecule has 32 heavy (non-hydrogen) atoms. The zero-order valence-corrected chi connectivity index (χ0v) is 19.6. The topological polar surface area (TPSA) is 63.4 Å². The molecular weight excluding hydrogens is 400 g/mol. The summed E-state index contributed by atoms with van der Waals surface area (Å²) in [7, 11) is 0. The Bertz CT molecular complexity index is 1030. The lowest BCUT2D eigenvalue weighted by atomic mass is 9.91. The van der Waals surface area contributed by atoms with Gasteiger partial charge in [0.05, 0.1) is 12.1 Å². The van der Waals surface area contributed by atoms with E-state index < -0.39 is 5.60 Å². The fourth-order valence-electron chi connectivity index (χ4n) is 4.27. The van der Waals surface area contributed by atoms with Gasteiger partial charge in [-0.3, -0.25) is 9.88 Å². The Hall–Kier alpha value is -2.70. The number of piperidine rings is 1. The summed E-state index contributed by atoms with van der Waals surface area (Å²) in [6.45, 7) is 11.0. The number of ether oxygens (including phenoxy) is 1. The van der Waals surface area contributed by atoms with Crippen LogP contribution in [0, 0.1) is 6.92 Å². The summed E-state index contributed by atoms with van der Waals surface area (Å²) >= 11 is 0. The van der Waals surface area contributed by atoms with Crippen LogP contribution < -0.4 is 4.74 Å². The van der Waals surface area contributed by atoms with Crippen LogP contribution in [0.3, 0.4) is 0 Å². The molecule has 1 saturated heterocycles. The molecule has 1 aliphatic heterocycles. The zero-order valence-electron chi connectivity index (χ0n) is 19.6. The van der Waals surface area contributed by atoms with Gasteiger partial charge in [0.1, 0.15) is 11.3 Å².